The maximum Gasteiger partial charge on any atom is 0.126 e. The molecule has 0 bridgehead atoms. The molecule has 0 spiro atoms. The molecule has 0 radical (unpaired) electrons. The number of imidazole rings is 1. The summed E-state index contributed by atoms with van der Waals surface area (Å²) in [6.07, 6.45) is 7.61. The van der Waals surface area contributed by atoms with Gasteiger partial charge in [0.2, 0.25) is 0 Å². The van der Waals surface area contributed by atoms with Crippen LogP contribution < -0.4 is 5.32 Å². The molecule has 3 heteroatoms. The van der Waals surface area contributed by atoms with E-state index in [0.29, 0.717) is 12.0 Å². The van der Waals surface area contributed by atoms with Crippen molar-refractivity contribution >= 4 is 0 Å². The van der Waals surface area contributed by atoms with E-state index in [1.54, 1.807) is 0 Å². The minimum Gasteiger partial charge on any atom is -0.334 e. The molecule has 2 aromatic rings. The first-order valence-corrected chi connectivity index (χ1v) is 8.17. The number of hydrogen-bond donors (Lipinski definition) is 1. The van der Waals surface area contributed by atoms with Gasteiger partial charge in [0.1, 0.15) is 5.82 Å². The van der Waals surface area contributed by atoms with Crippen molar-refractivity contribution in [1.29, 1.82) is 0 Å². The van der Waals surface area contributed by atoms with Gasteiger partial charge in [0.15, 0.2) is 0 Å². The largest absolute Gasteiger partial charge is 0.334 e. The average Bonchev–Trinajstić information content (AvgIpc) is 3.12. The van der Waals surface area contributed by atoms with E-state index in [2.05, 4.69) is 59.2 Å². The quantitative estimate of drug-likeness (QED) is 0.876. The summed E-state index contributed by atoms with van der Waals surface area (Å²) >= 11 is 0. The van der Waals surface area contributed by atoms with E-state index in [0.717, 1.165) is 19.5 Å². The predicted octanol–water partition coefficient (Wildman–Crippen LogP) is 3.67. The molecule has 0 saturated carbocycles. The van der Waals surface area contributed by atoms with Crippen LogP contribution in [0.2, 0.25) is 0 Å². The minimum absolute atomic E-state index is 0.320. The van der Waals surface area contributed by atoms with Crippen LogP contribution in [0.5, 0.6) is 0 Å². The third-order valence-corrected chi connectivity index (χ3v) is 4.50. The van der Waals surface area contributed by atoms with Crippen molar-refractivity contribution in [2.24, 2.45) is 0 Å². The highest BCUT2D eigenvalue weighted by atomic mass is 15.1. The number of benzene rings is 1. The van der Waals surface area contributed by atoms with Gasteiger partial charge in [0, 0.05) is 24.9 Å². The van der Waals surface area contributed by atoms with E-state index in [9.17, 15) is 0 Å². The summed E-state index contributed by atoms with van der Waals surface area (Å²) in [6, 6.07) is 9.21. The van der Waals surface area contributed by atoms with E-state index in [-0.39, 0.29) is 0 Å². The lowest BCUT2D eigenvalue weighted by Gasteiger charge is -2.25. The Labute approximate surface area is 127 Å². The molecule has 2 atom stereocenters. The molecule has 21 heavy (non-hydrogen) atoms. The first-order valence-electron chi connectivity index (χ1n) is 8.17. The fraction of sp³-hybridized carbons (Fsp3) is 0.500. The topological polar surface area (TPSA) is 29.9 Å². The van der Waals surface area contributed by atoms with Crippen LogP contribution >= 0.6 is 0 Å². The van der Waals surface area contributed by atoms with Gasteiger partial charge in [0.25, 0.3) is 0 Å². The van der Waals surface area contributed by atoms with Crippen molar-refractivity contribution < 1.29 is 0 Å². The summed E-state index contributed by atoms with van der Waals surface area (Å²) in [5, 5.41) is 3.68. The lowest BCUT2D eigenvalue weighted by molar-refractivity contribution is 0.415. The Hall–Kier alpha value is -1.61. The third-order valence-electron chi connectivity index (χ3n) is 4.50. The Morgan fingerprint density at radius 1 is 1.33 bits per heavy atom. The second-order valence-corrected chi connectivity index (χ2v) is 5.86. The summed E-state index contributed by atoms with van der Waals surface area (Å²) in [5.74, 6) is 1.74. The van der Waals surface area contributed by atoms with E-state index in [1.807, 2.05) is 6.20 Å². The minimum atomic E-state index is 0.320. The van der Waals surface area contributed by atoms with Crippen LogP contribution in [-0.4, -0.2) is 16.1 Å². The second kappa shape index (κ2) is 6.44. The Morgan fingerprint density at radius 3 is 3.00 bits per heavy atom. The predicted molar refractivity (Wildman–Crippen MR) is 86.4 cm³/mol. The zero-order chi connectivity index (χ0) is 14.7. The van der Waals surface area contributed by atoms with Crippen molar-refractivity contribution in [1.82, 2.24) is 14.9 Å². The molecular formula is C18H25N3. The summed E-state index contributed by atoms with van der Waals surface area (Å²) in [5.41, 5.74) is 3.02. The van der Waals surface area contributed by atoms with E-state index in [1.165, 1.54) is 29.8 Å². The average molecular weight is 283 g/mol. The molecule has 0 fully saturated rings. The van der Waals surface area contributed by atoms with Gasteiger partial charge in [-0.1, -0.05) is 38.1 Å². The van der Waals surface area contributed by atoms with Crippen LogP contribution in [0.25, 0.3) is 0 Å². The zero-order valence-corrected chi connectivity index (χ0v) is 13.0. The Kier molecular flexibility index (Phi) is 4.39. The second-order valence-electron chi connectivity index (χ2n) is 5.86. The Morgan fingerprint density at radius 2 is 2.19 bits per heavy atom. The lowest BCUT2D eigenvalue weighted by atomic mass is 9.92. The monoisotopic (exact) mass is 283 g/mol. The molecule has 2 unspecified atom stereocenters. The molecule has 1 aliphatic carbocycles. The van der Waals surface area contributed by atoms with Crippen molar-refractivity contribution in [2.75, 3.05) is 6.54 Å². The van der Waals surface area contributed by atoms with Crippen LogP contribution in [0, 0.1) is 0 Å². The fourth-order valence-corrected chi connectivity index (χ4v) is 3.60. The number of fused-ring (bicyclic) bond motifs is 1. The molecule has 0 amide bonds. The maximum absolute atomic E-state index is 4.67. The molecule has 0 saturated heterocycles. The molecule has 0 aliphatic heterocycles. The van der Waals surface area contributed by atoms with E-state index >= 15 is 0 Å². The van der Waals surface area contributed by atoms with Crippen LogP contribution in [0.3, 0.4) is 0 Å². The van der Waals surface area contributed by atoms with Crippen LogP contribution in [0.15, 0.2) is 36.7 Å². The number of nitrogens with zero attached hydrogens (tertiary/aromatic N) is 2. The maximum atomic E-state index is 4.67. The highest BCUT2D eigenvalue weighted by Gasteiger charge is 2.32. The van der Waals surface area contributed by atoms with Crippen LogP contribution in [0.4, 0.5) is 0 Å². The van der Waals surface area contributed by atoms with Gasteiger partial charge in [-0.15, -0.1) is 0 Å². The Bertz CT molecular complexity index is 588. The molecule has 3 nitrogen and oxygen atoms in total. The highest BCUT2D eigenvalue weighted by Crippen LogP contribution is 2.41. The molecule has 1 heterocycles. The fourth-order valence-electron chi connectivity index (χ4n) is 3.60. The summed E-state index contributed by atoms with van der Waals surface area (Å²) in [6.45, 7) is 6.42. The first-order chi connectivity index (χ1) is 10.3. The van der Waals surface area contributed by atoms with Gasteiger partial charge in [-0.05, 0) is 36.9 Å². The highest BCUT2D eigenvalue weighted by molar-refractivity contribution is 5.36. The van der Waals surface area contributed by atoms with Gasteiger partial charge in [-0.3, -0.25) is 0 Å². The number of rotatable bonds is 6. The van der Waals surface area contributed by atoms with Crippen molar-refractivity contribution in [2.45, 2.75) is 51.6 Å². The van der Waals surface area contributed by atoms with Crippen LogP contribution in [-0.2, 0) is 13.0 Å². The number of aryl methyl sites for hydroxylation is 2. The number of hydrogen-bond acceptors (Lipinski definition) is 2. The molecule has 1 aliphatic rings. The van der Waals surface area contributed by atoms with Crippen molar-refractivity contribution in [3.05, 3.63) is 53.6 Å². The summed E-state index contributed by atoms with van der Waals surface area (Å²) < 4.78 is 2.31. The molecule has 1 aromatic heterocycles. The van der Waals surface area contributed by atoms with Gasteiger partial charge < -0.3 is 9.88 Å². The Balaban J connectivity index is 1.94. The molecule has 1 aromatic carbocycles. The van der Waals surface area contributed by atoms with Gasteiger partial charge in [-0.25, -0.2) is 4.98 Å². The summed E-state index contributed by atoms with van der Waals surface area (Å²) in [4.78, 5) is 4.67. The van der Waals surface area contributed by atoms with E-state index in [4.69, 9.17) is 0 Å². The lowest BCUT2D eigenvalue weighted by Crippen LogP contribution is -2.29. The molecule has 3 rings (SSSR count). The molecule has 112 valence electrons. The van der Waals surface area contributed by atoms with Gasteiger partial charge in [-0.2, -0.15) is 0 Å². The van der Waals surface area contributed by atoms with E-state index < -0.39 is 0 Å². The number of aromatic nitrogens is 2. The summed E-state index contributed by atoms with van der Waals surface area (Å²) in [7, 11) is 0. The number of likely N-dealkylation sites (N-methyl/N-ethyl adjacent to an activating group) is 1. The van der Waals surface area contributed by atoms with Crippen molar-refractivity contribution in [3.8, 4) is 0 Å². The van der Waals surface area contributed by atoms with Crippen LogP contribution in [0.1, 0.15) is 55.6 Å². The number of nitrogens with one attached hydrogen (secondary N) is 1. The third kappa shape index (κ3) is 2.75. The first kappa shape index (κ1) is 14.3. The standard InChI is InChI=1S/C18H25N3/c1-3-12-21-13-11-20-18(21)17(19-4-2)16-10-9-14-7-5-6-8-15(14)16/h5-8,11,13,16-17,19H,3-4,9-10,12H2,1-2H3. The van der Waals surface area contributed by atoms with Crippen molar-refractivity contribution in [3.63, 3.8) is 0 Å². The molecular weight excluding hydrogens is 258 g/mol. The smallest absolute Gasteiger partial charge is 0.126 e. The SMILES string of the molecule is CCCn1ccnc1C(NCC)C1CCc2ccccc21. The zero-order valence-electron chi connectivity index (χ0n) is 13.0. The van der Waals surface area contributed by atoms with Gasteiger partial charge in [0.05, 0.1) is 6.04 Å². The molecule has 1 N–H and O–H groups in total. The normalized spacial score (nSPS) is 18.7. The van der Waals surface area contributed by atoms with Gasteiger partial charge >= 0.3 is 0 Å².